The molecule has 1 aromatic heterocycles. The van der Waals surface area contributed by atoms with Gasteiger partial charge in [0, 0.05) is 12.1 Å². The number of likely N-dealkylation sites (tertiary alicyclic amines) is 1. The molecule has 0 aliphatic carbocycles. The van der Waals surface area contributed by atoms with Gasteiger partial charge in [0.25, 0.3) is 5.91 Å². The van der Waals surface area contributed by atoms with Crippen LogP contribution in [0.1, 0.15) is 38.1 Å². The molecule has 3 heterocycles. The number of para-hydroxylation sites is 1. The minimum atomic E-state index is 0.360. The summed E-state index contributed by atoms with van der Waals surface area (Å²) in [5.74, 6) is 0.360. The first-order valence-electron chi connectivity index (χ1n) is 10.4. The zero-order valence-electron chi connectivity index (χ0n) is 16.5. The fourth-order valence-corrected chi connectivity index (χ4v) is 5.78. The molecule has 1 aromatic carbocycles. The number of fused-ring (bicyclic) bond motifs is 1. The summed E-state index contributed by atoms with van der Waals surface area (Å²) in [5.41, 5.74) is 1.12. The van der Waals surface area contributed by atoms with Crippen molar-refractivity contribution in [2.24, 2.45) is 0 Å². The summed E-state index contributed by atoms with van der Waals surface area (Å²) in [5, 5.41) is 1.24. The number of rotatable bonds is 4. The van der Waals surface area contributed by atoms with Gasteiger partial charge in [-0.3, -0.25) is 4.79 Å². The summed E-state index contributed by atoms with van der Waals surface area (Å²) in [6.45, 7) is 10.5. The highest BCUT2D eigenvalue weighted by molar-refractivity contribution is 7.18. The smallest absolute Gasteiger partial charge is 0.278 e. The Morgan fingerprint density at radius 2 is 1.78 bits per heavy atom. The molecule has 2 aliphatic heterocycles. The van der Waals surface area contributed by atoms with Gasteiger partial charge < -0.3 is 14.7 Å². The van der Waals surface area contributed by atoms with Crippen LogP contribution in [0.2, 0.25) is 0 Å². The third-order valence-corrected chi connectivity index (χ3v) is 7.32. The van der Waals surface area contributed by atoms with Gasteiger partial charge in [-0.2, -0.15) is 0 Å². The fraction of sp³-hybridized carbons (Fsp3) is 0.619. The lowest BCUT2D eigenvalue weighted by Gasteiger charge is -2.39. The van der Waals surface area contributed by atoms with E-state index in [0.29, 0.717) is 24.5 Å². The van der Waals surface area contributed by atoms with Crippen LogP contribution < -0.4 is 9.80 Å². The molecule has 0 spiro atoms. The van der Waals surface area contributed by atoms with E-state index in [4.69, 9.17) is 4.98 Å². The molecule has 0 unspecified atom stereocenters. The topological polar surface area (TPSA) is 42.1 Å². The largest absolute Gasteiger partial charge is 0.332 e. The maximum Gasteiger partial charge on any atom is 0.278 e. The van der Waals surface area contributed by atoms with Crippen molar-refractivity contribution >= 4 is 27.5 Å². The summed E-state index contributed by atoms with van der Waals surface area (Å²) in [4.78, 5) is 22.9. The van der Waals surface area contributed by atoms with Crippen molar-refractivity contribution in [2.45, 2.75) is 51.7 Å². The van der Waals surface area contributed by atoms with Crippen molar-refractivity contribution in [2.75, 3.05) is 32.7 Å². The first-order valence-corrected chi connectivity index (χ1v) is 11.2. The number of thiazole rings is 1. The van der Waals surface area contributed by atoms with Gasteiger partial charge in [0.15, 0.2) is 6.54 Å². The standard InChI is InChI=1S/C21H30N4OS/c1-16-6-5-7-17(2)25(16)21(26)15-24-12-10-23(11-13-24)14-20-22-18-8-3-4-9-19(18)27-20/h3-4,8-9,16-17H,5-7,10-15H2,1-2H3/p+2/t16-,17-/m0/s1. The van der Waals surface area contributed by atoms with Gasteiger partial charge in [0.1, 0.15) is 37.7 Å². The van der Waals surface area contributed by atoms with Crippen molar-refractivity contribution in [3.8, 4) is 0 Å². The van der Waals surface area contributed by atoms with Gasteiger partial charge in [0.2, 0.25) is 0 Å². The Hall–Kier alpha value is -1.50. The number of benzene rings is 1. The molecule has 2 aromatic rings. The Bertz CT molecular complexity index is 740. The molecule has 2 N–H and O–H groups in total. The van der Waals surface area contributed by atoms with E-state index in [9.17, 15) is 4.79 Å². The van der Waals surface area contributed by atoms with Crippen LogP contribution in [-0.4, -0.2) is 60.6 Å². The van der Waals surface area contributed by atoms with Crippen molar-refractivity contribution in [1.29, 1.82) is 0 Å². The van der Waals surface area contributed by atoms with E-state index < -0.39 is 0 Å². The van der Waals surface area contributed by atoms with Gasteiger partial charge in [-0.15, -0.1) is 11.3 Å². The number of nitrogens with zero attached hydrogens (tertiary/aromatic N) is 2. The molecular formula is C21H32N4OS+2. The van der Waals surface area contributed by atoms with Gasteiger partial charge in [0.05, 0.1) is 10.2 Å². The van der Waals surface area contributed by atoms with Gasteiger partial charge in [-0.1, -0.05) is 12.1 Å². The summed E-state index contributed by atoms with van der Waals surface area (Å²) in [6.07, 6.45) is 3.57. The van der Waals surface area contributed by atoms with Crippen LogP contribution in [0.15, 0.2) is 24.3 Å². The van der Waals surface area contributed by atoms with Crippen molar-refractivity contribution < 1.29 is 14.6 Å². The van der Waals surface area contributed by atoms with Crippen LogP contribution in [0.25, 0.3) is 10.2 Å². The predicted molar refractivity (Wildman–Crippen MR) is 109 cm³/mol. The Labute approximate surface area is 166 Å². The number of aromatic nitrogens is 1. The van der Waals surface area contributed by atoms with Crippen LogP contribution in [0.5, 0.6) is 0 Å². The number of hydrogen-bond donors (Lipinski definition) is 2. The molecule has 2 saturated heterocycles. The molecule has 1 amide bonds. The number of carbonyl (C=O) groups is 1. The van der Waals surface area contributed by atoms with Crippen LogP contribution in [-0.2, 0) is 11.3 Å². The maximum absolute atomic E-state index is 12.8. The van der Waals surface area contributed by atoms with Crippen molar-refractivity contribution in [3.63, 3.8) is 0 Å². The molecule has 0 bridgehead atoms. The predicted octanol–water partition coefficient (Wildman–Crippen LogP) is 0.369. The van der Waals surface area contributed by atoms with Gasteiger partial charge in [-0.25, -0.2) is 4.98 Å². The number of piperazine rings is 1. The average Bonchev–Trinajstić information content (AvgIpc) is 3.05. The van der Waals surface area contributed by atoms with Gasteiger partial charge in [-0.05, 0) is 45.2 Å². The number of quaternary nitrogens is 2. The normalized spacial score (nSPS) is 29.2. The lowest BCUT2D eigenvalue weighted by atomic mass is 9.97. The maximum atomic E-state index is 12.8. The Kier molecular flexibility index (Phi) is 5.76. The summed E-state index contributed by atoms with van der Waals surface area (Å²) >= 11 is 1.82. The summed E-state index contributed by atoms with van der Waals surface area (Å²) < 4.78 is 1.28. The molecule has 2 fully saturated rings. The second-order valence-electron chi connectivity index (χ2n) is 8.36. The highest BCUT2D eigenvalue weighted by atomic mass is 32.1. The number of carbonyl (C=O) groups excluding carboxylic acids is 1. The zero-order chi connectivity index (χ0) is 18.8. The monoisotopic (exact) mass is 388 g/mol. The van der Waals surface area contributed by atoms with E-state index in [1.54, 1.807) is 4.90 Å². The van der Waals surface area contributed by atoms with E-state index >= 15 is 0 Å². The molecule has 0 saturated carbocycles. The number of amides is 1. The first-order chi connectivity index (χ1) is 13.1. The van der Waals surface area contributed by atoms with Crippen molar-refractivity contribution in [1.82, 2.24) is 9.88 Å². The van der Waals surface area contributed by atoms with E-state index in [-0.39, 0.29) is 0 Å². The number of piperidine rings is 1. The second-order valence-corrected chi connectivity index (χ2v) is 9.47. The molecule has 2 atom stereocenters. The lowest BCUT2D eigenvalue weighted by Crippen LogP contribution is -3.28. The molecule has 4 rings (SSSR count). The van der Waals surface area contributed by atoms with Crippen LogP contribution >= 0.6 is 11.3 Å². The molecule has 5 nitrogen and oxygen atoms in total. The molecule has 146 valence electrons. The average molecular weight is 389 g/mol. The Balaban J connectivity index is 1.28. The third-order valence-electron chi connectivity index (χ3n) is 6.29. The summed E-state index contributed by atoms with van der Waals surface area (Å²) in [6, 6.07) is 9.21. The van der Waals surface area contributed by atoms with E-state index in [2.05, 4.69) is 43.0 Å². The zero-order valence-corrected chi connectivity index (χ0v) is 17.4. The number of hydrogen-bond acceptors (Lipinski definition) is 3. The lowest BCUT2D eigenvalue weighted by molar-refractivity contribution is -1.02. The van der Waals surface area contributed by atoms with Crippen LogP contribution in [0.4, 0.5) is 0 Å². The van der Waals surface area contributed by atoms with Crippen LogP contribution in [0.3, 0.4) is 0 Å². The fourth-order valence-electron chi connectivity index (χ4n) is 4.74. The highest BCUT2D eigenvalue weighted by Crippen LogP contribution is 2.22. The third kappa shape index (κ3) is 4.33. The van der Waals surface area contributed by atoms with E-state index in [1.807, 2.05) is 11.3 Å². The highest BCUT2D eigenvalue weighted by Gasteiger charge is 2.33. The molecule has 6 heteroatoms. The van der Waals surface area contributed by atoms with Crippen molar-refractivity contribution in [3.05, 3.63) is 29.3 Å². The molecule has 27 heavy (non-hydrogen) atoms. The quantitative estimate of drug-likeness (QED) is 0.795. The Morgan fingerprint density at radius 3 is 2.48 bits per heavy atom. The SMILES string of the molecule is C[C@H]1CCC[C@H](C)N1C(=O)C[NH+]1CC[NH+](Cc2nc3ccccc3s2)CC1. The molecule has 2 aliphatic rings. The summed E-state index contributed by atoms with van der Waals surface area (Å²) in [7, 11) is 0. The van der Waals surface area contributed by atoms with E-state index in [0.717, 1.165) is 51.1 Å². The van der Waals surface area contributed by atoms with E-state index in [1.165, 1.54) is 21.0 Å². The van der Waals surface area contributed by atoms with Gasteiger partial charge >= 0.3 is 0 Å². The second kappa shape index (κ2) is 8.25. The Morgan fingerprint density at radius 1 is 1.11 bits per heavy atom. The number of nitrogens with one attached hydrogen (secondary N) is 2. The molecular weight excluding hydrogens is 356 g/mol. The minimum absolute atomic E-state index is 0.360. The molecule has 0 radical (unpaired) electrons. The first kappa shape index (κ1) is 18.8. The minimum Gasteiger partial charge on any atom is -0.332 e. The van der Waals surface area contributed by atoms with Crippen LogP contribution in [0, 0.1) is 0 Å².